The van der Waals surface area contributed by atoms with Crippen molar-refractivity contribution >= 4 is 50.7 Å². The Bertz CT molecular complexity index is 1010. The molecule has 2 amide bonds. The number of carbonyl (C=O) groups excluding carboxylic acids is 2. The van der Waals surface area contributed by atoms with Gasteiger partial charge in [0.2, 0.25) is 21.8 Å². The molecule has 0 aliphatic rings. The summed E-state index contributed by atoms with van der Waals surface area (Å²) < 4.78 is 27.4. The van der Waals surface area contributed by atoms with Crippen LogP contribution in [-0.2, 0) is 19.6 Å². The van der Waals surface area contributed by atoms with Crippen molar-refractivity contribution in [2.75, 3.05) is 5.32 Å². The third-order valence-electron chi connectivity index (χ3n) is 4.01. The van der Waals surface area contributed by atoms with Gasteiger partial charge in [0, 0.05) is 12.6 Å². The van der Waals surface area contributed by atoms with Crippen molar-refractivity contribution in [3.8, 4) is 0 Å². The zero-order valence-corrected chi connectivity index (χ0v) is 18.3. The van der Waals surface area contributed by atoms with Gasteiger partial charge in [-0.3, -0.25) is 9.59 Å². The SMILES string of the molecule is CC(=O)Nc1ccc(S(=O)(=O)N[C@@H](C)C(=O)NC(C)c2ccc(Cl)c(Cl)c2)cc1. The van der Waals surface area contributed by atoms with Crippen molar-refractivity contribution in [1.29, 1.82) is 0 Å². The summed E-state index contributed by atoms with van der Waals surface area (Å²) >= 11 is 11.9. The van der Waals surface area contributed by atoms with Crippen LogP contribution in [0.3, 0.4) is 0 Å². The number of hydrogen-bond donors (Lipinski definition) is 3. The first-order valence-electron chi connectivity index (χ1n) is 8.65. The molecule has 1 unspecified atom stereocenters. The minimum absolute atomic E-state index is 0.0243. The van der Waals surface area contributed by atoms with Gasteiger partial charge in [-0.25, -0.2) is 8.42 Å². The Hall–Kier alpha value is -2.13. The van der Waals surface area contributed by atoms with E-state index in [0.717, 1.165) is 5.56 Å². The molecule has 0 bridgehead atoms. The summed E-state index contributed by atoms with van der Waals surface area (Å²) in [5, 5.41) is 6.05. The Labute approximate surface area is 179 Å². The molecule has 0 radical (unpaired) electrons. The highest BCUT2D eigenvalue weighted by Gasteiger charge is 2.23. The molecule has 10 heteroatoms. The second-order valence-corrected chi connectivity index (χ2v) is 8.98. The summed E-state index contributed by atoms with van der Waals surface area (Å²) in [5.74, 6) is -0.762. The second-order valence-electron chi connectivity index (χ2n) is 6.45. The highest BCUT2D eigenvalue weighted by molar-refractivity contribution is 7.89. The zero-order chi connectivity index (χ0) is 21.8. The fourth-order valence-electron chi connectivity index (χ4n) is 2.48. The van der Waals surface area contributed by atoms with Crippen molar-refractivity contribution in [2.45, 2.75) is 37.8 Å². The van der Waals surface area contributed by atoms with E-state index in [9.17, 15) is 18.0 Å². The first-order chi connectivity index (χ1) is 13.5. The third kappa shape index (κ3) is 6.43. The molecule has 0 heterocycles. The molecule has 0 aromatic heterocycles. The lowest BCUT2D eigenvalue weighted by molar-refractivity contribution is -0.123. The lowest BCUT2D eigenvalue weighted by Crippen LogP contribution is -2.45. The van der Waals surface area contributed by atoms with Crippen LogP contribution in [0.2, 0.25) is 10.0 Å². The van der Waals surface area contributed by atoms with Gasteiger partial charge in [-0.1, -0.05) is 29.3 Å². The van der Waals surface area contributed by atoms with Gasteiger partial charge in [-0.15, -0.1) is 0 Å². The predicted molar refractivity (Wildman–Crippen MR) is 114 cm³/mol. The van der Waals surface area contributed by atoms with Gasteiger partial charge in [0.1, 0.15) is 0 Å². The Morgan fingerprint density at radius 3 is 2.14 bits per heavy atom. The van der Waals surface area contributed by atoms with E-state index >= 15 is 0 Å². The average molecular weight is 458 g/mol. The summed E-state index contributed by atoms with van der Waals surface area (Å²) in [5.41, 5.74) is 1.20. The molecule has 3 N–H and O–H groups in total. The largest absolute Gasteiger partial charge is 0.348 e. The van der Waals surface area contributed by atoms with Crippen molar-refractivity contribution in [2.24, 2.45) is 0 Å². The van der Waals surface area contributed by atoms with E-state index in [1.165, 1.54) is 38.1 Å². The van der Waals surface area contributed by atoms with Crippen LogP contribution in [0.5, 0.6) is 0 Å². The van der Waals surface area contributed by atoms with Gasteiger partial charge in [0.25, 0.3) is 0 Å². The van der Waals surface area contributed by atoms with Gasteiger partial charge in [0.15, 0.2) is 0 Å². The number of carbonyl (C=O) groups is 2. The van der Waals surface area contributed by atoms with Crippen LogP contribution in [0.25, 0.3) is 0 Å². The molecule has 7 nitrogen and oxygen atoms in total. The van der Waals surface area contributed by atoms with E-state index in [1.807, 2.05) is 0 Å². The Kier molecular flexibility index (Phi) is 7.65. The van der Waals surface area contributed by atoms with Crippen LogP contribution in [0.15, 0.2) is 47.4 Å². The lowest BCUT2D eigenvalue weighted by atomic mass is 10.1. The molecule has 2 rings (SSSR count). The van der Waals surface area contributed by atoms with E-state index in [4.69, 9.17) is 23.2 Å². The normalized spacial score (nSPS) is 13.4. The number of nitrogens with one attached hydrogen (secondary N) is 3. The molecular weight excluding hydrogens is 437 g/mol. The summed E-state index contributed by atoms with van der Waals surface area (Å²) in [4.78, 5) is 23.4. The first-order valence-corrected chi connectivity index (χ1v) is 10.9. The lowest BCUT2D eigenvalue weighted by Gasteiger charge is -2.19. The van der Waals surface area contributed by atoms with Crippen LogP contribution in [0.4, 0.5) is 5.69 Å². The van der Waals surface area contributed by atoms with Crippen LogP contribution >= 0.6 is 23.2 Å². The first kappa shape index (κ1) is 23.2. The minimum atomic E-state index is -3.92. The van der Waals surface area contributed by atoms with Gasteiger partial charge < -0.3 is 10.6 Å². The number of halogens is 2. The van der Waals surface area contributed by atoms with Crippen molar-refractivity contribution in [3.05, 3.63) is 58.1 Å². The Morgan fingerprint density at radius 2 is 1.59 bits per heavy atom. The van der Waals surface area contributed by atoms with Crippen LogP contribution in [0.1, 0.15) is 32.4 Å². The van der Waals surface area contributed by atoms with Gasteiger partial charge in [0.05, 0.1) is 27.0 Å². The molecule has 29 heavy (non-hydrogen) atoms. The molecule has 2 atom stereocenters. The smallest absolute Gasteiger partial charge is 0.241 e. The molecule has 0 aliphatic carbocycles. The molecule has 0 saturated heterocycles. The molecule has 156 valence electrons. The Morgan fingerprint density at radius 1 is 0.966 bits per heavy atom. The molecule has 0 fully saturated rings. The van der Waals surface area contributed by atoms with Gasteiger partial charge in [-0.05, 0) is 55.8 Å². The number of benzene rings is 2. The molecule has 2 aromatic carbocycles. The third-order valence-corrected chi connectivity index (χ3v) is 6.31. The van der Waals surface area contributed by atoms with Gasteiger partial charge in [-0.2, -0.15) is 4.72 Å². The van der Waals surface area contributed by atoms with Gasteiger partial charge >= 0.3 is 0 Å². The highest BCUT2D eigenvalue weighted by Crippen LogP contribution is 2.25. The van der Waals surface area contributed by atoms with Crippen LogP contribution in [-0.4, -0.2) is 26.3 Å². The van der Waals surface area contributed by atoms with Crippen molar-refractivity contribution < 1.29 is 18.0 Å². The maximum atomic E-state index is 12.5. The van der Waals surface area contributed by atoms with E-state index in [0.29, 0.717) is 15.7 Å². The van der Waals surface area contributed by atoms with Crippen molar-refractivity contribution in [3.63, 3.8) is 0 Å². The monoisotopic (exact) mass is 457 g/mol. The predicted octanol–water partition coefficient (Wildman–Crippen LogP) is 3.50. The number of rotatable bonds is 7. The topological polar surface area (TPSA) is 104 Å². The minimum Gasteiger partial charge on any atom is -0.348 e. The highest BCUT2D eigenvalue weighted by atomic mass is 35.5. The van der Waals surface area contributed by atoms with E-state index < -0.39 is 28.0 Å². The molecular formula is C19H21Cl2N3O4S. The quantitative estimate of drug-likeness (QED) is 0.591. The van der Waals surface area contributed by atoms with E-state index in [-0.39, 0.29) is 10.8 Å². The second kappa shape index (κ2) is 9.58. The molecule has 0 aliphatic heterocycles. The summed E-state index contributed by atoms with van der Waals surface area (Å²) in [6.07, 6.45) is 0. The van der Waals surface area contributed by atoms with Crippen molar-refractivity contribution in [1.82, 2.24) is 10.0 Å². The number of sulfonamides is 1. The van der Waals surface area contributed by atoms with Crippen LogP contribution < -0.4 is 15.4 Å². The fourth-order valence-corrected chi connectivity index (χ4v) is 3.99. The molecule has 0 saturated carbocycles. The summed E-state index contributed by atoms with van der Waals surface area (Å²) in [6.45, 7) is 4.55. The number of anilines is 1. The number of hydrogen-bond acceptors (Lipinski definition) is 4. The average Bonchev–Trinajstić information content (AvgIpc) is 2.63. The fraction of sp³-hybridized carbons (Fsp3) is 0.263. The zero-order valence-electron chi connectivity index (χ0n) is 16.0. The summed E-state index contributed by atoms with van der Waals surface area (Å²) in [7, 11) is -3.92. The maximum Gasteiger partial charge on any atom is 0.241 e. The van der Waals surface area contributed by atoms with Crippen LogP contribution in [0, 0.1) is 0 Å². The Balaban J connectivity index is 2.03. The van der Waals surface area contributed by atoms with E-state index in [1.54, 1.807) is 25.1 Å². The van der Waals surface area contributed by atoms with E-state index in [2.05, 4.69) is 15.4 Å². The number of amides is 2. The molecule has 0 spiro atoms. The maximum absolute atomic E-state index is 12.5. The standard InChI is InChI=1S/C19H21Cl2N3O4S/c1-11(14-4-9-17(20)18(21)10-14)22-19(26)12(2)24-29(27,28)16-7-5-15(6-8-16)23-13(3)25/h4-12,24H,1-3H3,(H,22,26)(H,23,25)/t11?,12-/m0/s1. The summed E-state index contributed by atoms with van der Waals surface area (Å²) in [6, 6.07) is 9.19. The molecule has 2 aromatic rings.